The lowest BCUT2D eigenvalue weighted by Crippen LogP contribution is -2.15. The standard InChI is InChI=1S/C15H15N5O4S2/c1-24-10-20-8-6-13(18-20)14(21)17-11-2-4-12(5-3-11)26(22,23)19-15-16-7-9-25-15/h2-9H,10H2,1H3,(H,16,19)(H,17,21). The summed E-state index contributed by atoms with van der Waals surface area (Å²) in [4.78, 5) is 16.1. The predicted molar refractivity (Wildman–Crippen MR) is 96.6 cm³/mol. The molecule has 2 aromatic heterocycles. The van der Waals surface area contributed by atoms with Gasteiger partial charge in [-0.3, -0.25) is 9.52 Å². The summed E-state index contributed by atoms with van der Waals surface area (Å²) in [6.45, 7) is 0.242. The molecule has 11 heteroatoms. The van der Waals surface area contributed by atoms with Crippen LogP contribution in [0.15, 0.2) is 53.0 Å². The number of benzene rings is 1. The second-order valence-corrected chi connectivity index (χ2v) is 7.66. The highest BCUT2D eigenvalue weighted by atomic mass is 32.2. The molecule has 1 amide bonds. The summed E-state index contributed by atoms with van der Waals surface area (Å²) < 4.78 is 33.3. The number of nitrogens with zero attached hydrogens (tertiary/aromatic N) is 3. The Balaban J connectivity index is 1.68. The average Bonchev–Trinajstić information content (AvgIpc) is 3.27. The maximum Gasteiger partial charge on any atom is 0.276 e. The zero-order chi connectivity index (χ0) is 18.6. The lowest BCUT2D eigenvalue weighted by Gasteiger charge is -2.07. The highest BCUT2D eigenvalue weighted by Gasteiger charge is 2.16. The second-order valence-electron chi connectivity index (χ2n) is 5.08. The minimum atomic E-state index is -3.73. The molecule has 3 rings (SSSR count). The van der Waals surface area contributed by atoms with E-state index >= 15 is 0 Å². The molecule has 0 aliphatic heterocycles. The monoisotopic (exact) mass is 393 g/mol. The molecule has 0 bridgehead atoms. The van der Waals surface area contributed by atoms with Gasteiger partial charge in [0, 0.05) is 30.6 Å². The fraction of sp³-hybridized carbons (Fsp3) is 0.133. The fourth-order valence-corrected chi connectivity index (χ4v) is 3.84. The number of hydrogen-bond donors (Lipinski definition) is 2. The Morgan fingerprint density at radius 3 is 2.69 bits per heavy atom. The summed E-state index contributed by atoms with van der Waals surface area (Å²) in [7, 11) is -2.20. The summed E-state index contributed by atoms with van der Waals surface area (Å²) in [5.74, 6) is -0.406. The van der Waals surface area contributed by atoms with E-state index in [-0.39, 0.29) is 22.5 Å². The fourth-order valence-electron chi connectivity index (χ4n) is 2.05. The number of hydrogen-bond acceptors (Lipinski definition) is 7. The van der Waals surface area contributed by atoms with Crippen molar-refractivity contribution in [3.63, 3.8) is 0 Å². The minimum Gasteiger partial charge on any atom is -0.362 e. The molecule has 0 fully saturated rings. The van der Waals surface area contributed by atoms with Crippen LogP contribution in [0, 0.1) is 0 Å². The Hall–Kier alpha value is -2.76. The predicted octanol–water partition coefficient (Wildman–Crippen LogP) is 2.00. The molecule has 26 heavy (non-hydrogen) atoms. The van der Waals surface area contributed by atoms with Gasteiger partial charge in [0.05, 0.1) is 4.90 Å². The second kappa shape index (κ2) is 7.64. The first-order valence-electron chi connectivity index (χ1n) is 7.34. The van der Waals surface area contributed by atoms with E-state index in [0.29, 0.717) is 5.69 Å². The number of ether oxygens (including phenoxy) is 1. The molecule has 0 unspecified atom stereocenters. The van der Waals surface area contributed by atoms with Gasteiger partial charge in [-0.05, 0) is 30.3 Å². The van der Waals surface area contributed by atoms with E-state index in [2.05, 4.69) is 20.1 Å². The zero-order valence-electron chi connectivity index (χ0n) is 13.6. The van der Waals surface area contributed by atoms with Gasteiger partial charge in [0.2, 0.25) is 0 Å². The van der Waals surface area contributed by atoms with Crippen LogP contribution in [0.4, 0.5) is 10.8 Å². The van der Waals surface area contributed by atoms with Crippen molar-refractivity contribution in [2.75, 3.05) is 17.1 Å². The zero-order valence-corrected chi connectivity index (χ0v) is 15.3. The number of carbonyl (C=O) groups excluding carboxylic acids is 1. The molecule has 2 N–H and O–H groups in total. The summed E-state index contributed by atoms with van der Waals surface area (Å²) in [6.07, 6.45) is 3.13. The highest BCUT2D eigenvalue weighted by Crippen LogP contribution is 2.19. The van der Waals surface area contributed by atoms with Crippen LogP contribution in [0.25, 0.3) is 0 Å². The number of anilines is 2. The van der Waals surface area contributed by atoms with Crippen molar-refractivity contribution in [1.29, 1.82) is 0 Å². The number of amides is 1. The van der Waals surface area contributed by atoms with Crippen LogP contribution in [0.2, 0.25) is 0 Å². The van der Waals surface area contributed by atoms with Crippen molar-refractivity contribution in [3.8, 4) is 0 Å². The number of nitrogens with one attached hydrogen (secondary N) is 2. The molecule has 0 aliphatic carbocycles. The Morgan fingerprint density at radius 1 is 1.27 bits per heavy atom. The van der Waals surface area contributed by atoms with E-state index in [4.69, 9.17) is 4.74 Å². The van der Waals surface area contributed by atoms with E-state index in [1.54, 1.807) is 17.6 Å². The maximum atomic E-state index is 12.3. The van der Waals surface area contributed by atoms with Crippen LogP contribution in [0.1, 0.15) is 10.5 Å². The van der Waals surface area contributed by atoms with Gasteiger partial charge in [0.15, 0.2) is 10.8 Å². The SMILES string of the molecule is COCn1ccc(C(=O)Nc2ccc(S(=O)(=O)Nc3nccs3)cc2)n1. The molecule has 0 radical (unpaired) electrons. The van der Waals surface area contributed by atoms with Crippen LogP contribution >= 0.6 is 11.3 Å². The van der Waals surface area contributed by atoms with Gasteiger partial charge < -0.3 is 10.1 Å². The van der Waals surface area contributed by atoms with Crippen molar-refractivity contribution in [2.24, 2.45) is 0 Å². The van der Waals surface area contributed by atoms with Crippen LogP contribution < -0.4 is 10.0 Å². The summed E-state index contributed by atoms with van der Waals surface area (Å²) in [6, 6.07) is 7.36. The number of carbonyl (C=O) groups is 1. The van der Waals surface area contributed by atoms with Gasteiger partial charge >= 0.3 is 0 Å². The molecule has 0 aliphatic rings. The molecular formula is C15H15N5O4S2. The molecular weight excluding hydrogens is 378 g/mol. The third kappa shape index (κ3) is 4.25. The lowest BCUT2D eigenvalue weighted by molar-refractivity contribution is 0.101. The van der Waals surface area contributed by atoms with Crippen LogP contribution in [-0.4, -0.2) is 36.2 Å². The van der Waals surface area contributed by atoms with Crippen molar-refractivity contribution in [3.05, 3.63) is 53.8 Å². The van der Waals surface area contributed by atoms with Gasteiger partial charge in [-0.15, -0.1) is 11.3 Å². The molecule has 0 spiro atoms. The number of rotatable bonds is 7. The molecule has 0 saturated heterocycles. The van der Waals surface area contributed by atoms with Crippen LogP contribution in [0.5, 0.6) is 0 Å². The van der Waals surface area contributed by atoms with Gasteiger partial charge in [0.1, 0.15) is 6.73 Å². The normalized spacial score (nSPS) is 11.3. The van der Waals surface area contributed by atoms with E-state index in [9.17, 15) is 13.2 Å². The third-order valence-corrected chi connectivity index (χ3v) is 5.38. The van der Waals surface area contributed by atoms with Gasteiger partial charge in [-0.1, -0.05) is 0 Å². The van der Waals surface area contributed by atoms with Crippen LogP contribution in [-0.2, 0) is 21.5 Å². The van der Waals surface area contributed by atoms with E-state index in [0.717, 1.165) is 0 Å². The van der Waals surface area contributed by atoms with E-state index < -0.39 is 15.9 Å². The van der Waals surface area contributed by atoms with Gasteiger partial charge in [-0.25, -0.2) is 18.1 Å². The number of thiazole rings is 1. The van der Waals surface area contributed by atoms with Gasteiger partial charge in [0.25, 0.3) is 15.9 Å². The number of aromatic nitrogens is 3. The van der Waals surface area contributed by atoms with Crippen molar-refractivity contribution in [2.45, 2.75) is 11.6 Å². The highest BCUT2D eigenvalue weighted by molar-refractivity contribution is 7.93. The summed E-state index contributed by atoms with van der Waals surface area (Å²) in [5, 5.41) is 8.68. The minimum absolute atomic E-state index is 0.0649. The number of sulfonamides is 1. The molecule has 2 heterocycles. The van der Waals surface area contributed by atoms with Crippen molar-refractivity contribution in [1.82, 2.24) is 14.8 Å². The lowest BCUT2D eigenvalue weighted by atomic mass is 10.3. The molecule has 0 saturated carbocycles. The van der Waals surface area contributed by atoms with E-state index in [1.165, 1.54) is 53.6 Å². The molecule has 0 atom stereocenters. The quantitative estimate of drug-likeness (QED) is 0.634. The van der Waals surface area contributed by atoms with Crippen LogP contribution in [0.3, 0.4) is 0 Å². The maximum absolute atomic E-state index is 12.3. The Kier molecular flexibility index (Phi) is 5.30. The topological polar surface area (TPSA) is 115 Å². The van der Waals surface area contributed by atoms with E-state index in [1.807, 2.05) is 0 Å². The third-order valence-electron chi connectivity index (χ3n) is 3.21. The molecule has 3 aromatic rings. The first-order chi connectivity index (χ1) is 12.5. The molecule has 136 valence electrons. The average molecular weight is 393 g/mol. The van der Waals surface area contributed by atoms with Crippen molar-refractivity contribution >= 4 is 38.1 Å². The Labute approximate surface area is 153 Å². The van der Waals surface area contributed by atoms with Crippen molar-refractivity contribution < 1.29 is 17.9 Å². The largest absolute Gasteiger partial charge is 0.362 e. The summed E-state index contributed by atoms with van der Waals surface area (Å²) in [5.41, 5.74) is 0.675. The molecule has 1 aromatic carbocycles. The molecule has 9 nitrogen and oxygen atoms in total. The summed E-state index contributed by atoms with van der Waals surface area (Å²) >= 11 is 1.18. The smallest absolute Gasteiger partial charge is 0.276 e. The first kappa shape index (κ1) is 18.0. The Bertz CT molecular complexity index is 981. The van der Waals surface area contributed by atoms with Gasteiger partial charge in [-0.2, -0.15) is 5.10 Å². The Morgan fingerprint density at radius 2 is 2.04 bits per heavy atom. The first-order valence-corrected chi connectivity index (χ1v) is 9.70. The number of methoxy groups -OCH3 is 1.